The largest absolute Gasteiger partial charge is 0.486 e. The Morgan fingerprint density at radius 1 is 1.07 bits per heavy atom. The molecule has 2 aromatic rings. The molecule has 0 radical (unpaired) electrons. The molecule has 1 amide bonds. The van der Waals surface area contributed by atoms with Crippen molar-refractivity contribution in [2.75, 3.05) is 56.2 Å². The number of rotatable bonds is 4. The number of nitrogens with zero attached hydrogens (tertiary/aromatic N) is 3. The second kappa shape index (κ2) is 7.84. The molecule has 0 aliphatic carbocycles. The summed E-state index contributed by atoms with van der Waals surface area (Å²) in [6.07, 6.45) is 1.69. The van der Waals surface area contributed by atoms with Gasteiger partial charge in [0.2, 0.25) is 0 Å². The predicted octanol–water partition coefficient (Wildman–Crippen LogP) is 2.25. The Morgan fingerprint density at radius 2 is 1.85 bits per heavy atom. The quantitative estimate of drug-likeness (QED) is 0.893. The summed E-state index contributed by atoms with van der Waals surface area (Å²) in [6, 6.07) is 9.21. The van der Waals surface area contributed by atoms with Gasteiger partial charge in [0.1, 0.15) is 18.9 Å². The molecule has 7 nitrogen and oxygen atoms in total. The Morgan fingerprint density at radius 3 is 2.63 bits per heavy atom. The Bertz CT molecular complexity index is 819. The fourth-order valence-electron chi connectivity index (χ4n) is 3.38. The van der Waals surface area contributed by atoms with E-state index in [9.17, 15) is 4.79 Å². The molecule has 0 atom stereocenters. The molecular weight excluding hydrogens is 344 g/mol. The molecule has 1 aromatic carbocycles. The third kappa shape index (κ3) is 3.98. The van der Waals surface area contributed by atoms with Crippen LogP contribution in [0.1, 0.15) is 17.4 Å². The van der Waals surface area contributed by atoms with Crippen molar-refractivity contribution in [1.29, 1.82) is 0 Å². The number of anilines is 2. The number of carbonyl (C=O) groups is 1. The maximum atomic E-state index is 12.6. The molecule has 4 rings (SSSR count). The van der Waals surface area contributed by atoms with Crippen molar-refractivity contribution in [1.82, 2.24) is 9.88 Å². The first-order valence-electron chi connectivity index (χ1n) is 9.37. The summed E-state index contributed by atoms with van der Waals surface area (Å²) in [5, 5.41) is 2.89. The van der Waals surface area contributed by atoms with Crippen molar-refractivity contribution in [3.8, 4) is 11.5 Å². The van der Waals surface area contributed by atoms with Gasteiger partial charge in [-0.25, -0.2) is 0 Å². The number of amides is 1. The van der Waals surface area contributed by atoms with Gasteiger partial charge in [0.05, 0.1) is 0 Å². The highest BCUT2D eigenvalue weighted by Crippen LogP contribution is 2.32. The van der Waals surface area contributed by atoms with Crippen LogP contribution in [0.2, 0.25) is 0 Å². The predicted molar refractivity (Wildman–Crippen MR) is 104 cm³/mol. The molecule has 2 aliphatic rings. The van der Waals surface area contributed by atoms with Gasteiger partial charge in [-0.05, 0) is 30.8 Å². The van der Waals surface area contributed by atoms with Crippen LogP contribution in [-0.4, -0.2) is 61.7 Å². The summed E-state index contributed by atoms with van der Waals surface area (Å²) >= 11 is 0. The lowest BCUT2D eigenvalue weighted by molar-refractivity contribution is 0.102. The standard InChI is InChI=1S/C20H24N4O3/c1-2-23-7-9-24(10-8-23)16-5-6-21-17(14-16)20(25)22-15-3-4-18-19(13-15)27-12-11-26-18/h3-6,13-14H,2,7-12H2,1H3,(H,22,25). The van der Waals surface area contributed by atoms with Gasteiger partial charge in [0.25, 0.3) is 5.91 Å². The monoisotopic (exact) mass is 368 g/mol. The number of nitrogens with one attached hydrogen (secondary N) is 1. The Balaban J connectivity index is 1.45. The van der Waals surface area contributed by atoms with Crippen LogP contribution < -0.4 is 19.7 Å². The van der Waals surface area contributed by atoms with Crippen molar-refractivity contribution in [3.05, 3.63) is 42.2 Å². The highest BCUT2D eigenvalue weighted by molar-refractivity contribution is 6.03. The molecule has 1 N–H and O–H groups in total. The minimum atomic E-state index is -0.235. The van der Waals surface area contributed by atoms with Gasteiger partial charge in [-0.2, -0.15) is 0 Å². The minimum absolute atomic E-state index is 0.235. The third-order valence-electron chi connectivity index (χ3n) is 4.96. The number of hydrogen-bond acceptors (Lipinski definition) is 6. The lowest BCUT2D eigenvalue weighted by Crippen LogP contribution is -2.46. The molecule has 2 aliphatic heterocycles. The third-order valence-corrected chi connectivity index (χ3v) is 4.96. The Kier molecular flexibility index (Phi) is 5.11. The second-order valence-corrected chi connectivity index (χ2v) is 6.63. The lowest BCUT2D eigenvalue weighted by Gasteiger charge is -2.35. The van der Waals surface area contributed by atoms with Crippen LogP contribution in [-0.2, 0) is 0 Å². The number of ether oxygens (including phenoxy) is 2. The van der Waals surface area contributed by atoms with E-state index in [1.807, 2.05) is 12.1 Å². The van der Waals surface area contributed by atoms with Gasteiger partial charge >= 0.3 is 0 Å². The van der Waals surface area contributed by atoms with Crippen molar-refractivity contribution in [2.45, 2.75) is 6.92 Å². The molecule has 1 aromatic heterocycles. The number of benzene rings is 1. The van der Waals surface area contributed by atoms with E-state index in [2.05, 4.69) is 27.0 Å². The summed E-state index contributed by atoms with van der Waals surface area (Å²) < 4.78 is 11.1. The molecular formula is C20H24N4O3. The average molecular weight is 368 g/mol. The highest BCUT2D eigenvalue weighted by atomic mass is 16.6. The van der Waals surface area contributed by atoms with Gasteiger partial charge in [0.15, 0.2) is 11.5 Å². The number of pyridine rings is 1. The van der Waals surface area contributed by atoms with Crippen LogP contribution in [0, 0.1) is 0 Å². The van der Waals surface area contributed by atoms with Crippen molar-refractivity contribution < 1.29 is 14.3 Å². The van der Waals surface area contributed by atoms with Gasteiger partial charge in [-0.15, -0.1) is 0 Å². The van der Waals surface area contributed by atoms with Crippen LogP contribution in [0.5, 0.6) is 11.5 Å². The maximum Gasteiger partial charge on any atom is 0.274 e. The molecule has 1 saturated heterocycles. The van der Waals surface area contributed by atoms with E-state index in [0.29, 0.717) is 36.1 Å². The van der Waals surface area contributed by atoms with Crippen LogP contribution in [0.15, 0.2) is 36.5 Å². The first kappa shape index (κ1) is 17.6. The Labute approximate surface area is 158 Å². The molecule has 3 heterocycles. The van der Waals surface area contributed by atoms with Gasteiger partial charge in [-0.1, -0.05) is 6.92 Å². The molecule has 7 heteroatoms. The number of hydrogen-bond donors (Lipinski definition) is 1. The fraction of sp³-hybridized carbons (Fsp3) is 0.400. The van der Waals surface area contributed by atoms with E-state index in [1.54, 1.807) is 24.4 Å². The van der Waals surface area contributed by atoms with E-state index in [4.69, 9.17) is 9.47 Å². The second-order valence-electron chi connectivity index (χ2n) is 6.63. The minimum Gasteiger partial charge on any atom is -0.486 e. The zero-order valence-electron chi connectivity index (χ0n) is 15.5. The molecule has 1 fully saturated rings. The maximum absolute atomic E-state index is 12.6. The van der Waals surface area contributed by atoms with E-state index in [0.717, 1.165) is 38.4 Å². The van der Waals surface area contributed by atoms with E-state index < -0.39 is 0 Å². The normalized spacial score (nSPS) is 16.9. The number of likely N-dealkylation sites (N-methyl/N-ethyl adjacent to an activating group) is 1. The van der Waals surface area contributed by atoms with E-state index in [1.165, 1.54) is 0 Å². The summed E-state index contributed by atoms with van der Waals surface area (Å²) in [6.45, 7) is 8.31. The van der Waals surface area contributed by atoms with Crippen LogP contribution in [0.4, 0.5) is 11.4 Å². The van der Waals surface area contributed by atoms with Gasteiger partial charge in [-0.3, -0.25) is 9.78 Å². The fourth-order valence-corrected chi connectivity index (χ4v) is 3.38. The molecule has 0 bridgehead atoms. The first-order chi connectivity index (χ1) is 13.2. The topological polar surface area (TPSA) is 66.9 Å². The van der Waals surface area contributed by atoms with Crippen LogP contribution in [0.25, 0.3) is 0 Å². The highest BCUT2D eigenvalue weighted by Gasteiger charge is 2.18. The van der Waals surface area contributed by atoms with E-state index >= 15 is 0 Å². The summed E-state index contributed by atoms with van der Waals surface area (Å²) in [5.74, 6) is 1.11. The lowest BCUT2D eigenvalue weighted by atomic mass is 10.2. The van der Waals surface area contributed by atoms with Crippen molar-refractivity contribution in [2.24, 2.45) is 0 Å². The molecule has 0 unspecified atom stereocenters. The Hall–Kier alpha value is -2.80. The van der Waals surface area contributed by atoms with Crippen molar-refractivity contribution >= 4 is 17.3 Å². The average Bonchev–Trinajstić information content (AvgIpc) is 2.74. The summed E-state index contributed by atoms with van der Waals surface area (Å²) in [7, 11) is 0. The first-order valence-corrected chi connectivity index (χ1v) is 9.37. The SMILES string of the molecule is CCN1CCN(c2ccnc(C(=O)Nc3ccc4c(c3)OCCO4)c2)CC1. The number of fused-ring (bicyclic) bond motifs is 1. The van der Waals surface area contributed by atoms with Crippen molar-refractivity contribution in [3.63, 3.8) is 0 Å². The van der Waals surface area contributed by atoms with Gasteiger partial charge < -0.3 is 24.6 Å². The van der Waals surface area contributed by atoms with Crippen LogP contribution >= 0.6 is 0 Å². The van der Waals surface area contributed by atoms with E-state index in [-0.39, 0.29) is 5.91 Å². The number of aromatic nitrogens is 1. The zero-order valence-corrected chi connectivity index (χ0v) is 15.5. The summed E-state index contributed by atoms with van der Waals surface area (Å²) in [4.78, 5) is 21.6. The molecule has 0 spiro atoms. The molecule has 142 valence electrons. The molecule has 0 saturated carbocycles. The summed E-state index contributed by atoms with van der Waals surface area (Å²) in [5.41, 5.74) is 2.10. The van der Waals surface area contributed by atoms with Gasteiger partial charge in [0, 0.05) is 49.8 Å². The number of carbonyl (C=O) groups excluding carboxylic acids is 1. The number of piperazine rings is 1. The molecule has 27 heavy (non-hydrogen) atoms. The zero-order chi connectivity index (χ0) is 18.6. The van der Waals surface area contributed by atoms with Crippen LogP contribution in [0.3, 0.4) is 0 Å². The smallest absolute Gasteiger partial charge is 0.274 e.